The number of aromatic nitrogens is 4. The molecule has 0 bridgehead atoms. The zero-order chi connectivity index (χ0) is 14.6. The van der Waals surface area contributed by atoms with Crippen molar-refractivity contribution in [3.8, 4) is 0 Å². The van der Waals surface area contributed by atoms with Gasteiger partial charge in [-0.15, -0.1) is 0 Å². The standard InChI is InChI=1S/C14H18N6O/c15-12-11-14(18-5-17-12)20(6-19-11)10-4-3-7-8(10)1-2-9(7)13(16)21/h5-10H,1-4H2,(H2,16,21)(H2,15,17,18)/t7-,8-,9-,10-/m0/s1. The molecular weight excluding hydrogens is 268 g/mol. The number of fused-ring (bicyclic) bond motifs is 2. The summed E-state index contributed by atoms with van der Waals surface area (Å²) in [6, 6.07) is 0.332. The second kappa shape index (κ2) is 4.41. The Morgan fingerprint density at radius 3 is 2.76 bits per heavy atom. The number of rotatable bonds is 2. The fraction of sp³-hybridized carbons (Fsp3) is 0.571. The van der Waals surface area contributed by atoms with E-state index in [1.165, 1.54) is 6.33 Å². The van der Waals surface area contributed by atoms with Crippen LogP contribution in [0.1, 0.15) is 31.7 Å². The van der Waals surface area contributed by atoms with Crippen LogP contribution in [0.2, 0.25) is 0 Å². The predicted molar refractivity (Wildman–Crippen MR) is 76.9 cm³/mol. The molecule has 2 fully saturated rings. The molecule has 2 aliphatic rings. The highest BCUT2D eigenvalue weighted by atomic mass is 16.1. The van der Waals surface area contributed by atoms with E-state index in [4.69, 9.17) is 11.5 Å². The van der Waals surface area contributed by atoms with Crippen LogP contribution in [0.3, 0.4) is 0 Å². The predicted octanol–water partition coefficient (Wildman–Crippen LogP) is 0.871. The van der Waals surface area contributed by atoms with Crippen molar-refractivity contribution in [1.29, 1.82) is 0 Å². The van der Waals surface area contributed by atoms with Gasteiger partial charge in [0.15, 0.2) is 11.5 Å². The summed E-state index contributed by atoms with van der Waals surface area (Å²) in [4.78, 5) is 24.2. The van der Waals surface area contributed by atoms with Crippen molar-refractivity contribution in [1.82, 2.24) is 19.5 Å². The summed E-state index contributed by atoms with van der Waals surface area (Å²) in [5, 5.41) is 0. The molecular formula is C14H18N6O. The first-order valence-electron chi connectivity index (χ1n) is 7.39. The van der Waals surface area contributed by atoms with E-state index >= 15 is 0 Å². The smallest absolute Gasteiger partial charge is 0.220 e. The van der Waals surface area contributed by atoms with Gasteiger partial charge < -0.3 is 16.0 Å². The molecule has 4 N–H and O–H groups in total. The molecule has 4 rings (SSSR count). The number of carbonyl (C=O) groups excluding carboxylic acids is 1. The second-order valence-electron chi connectivity index (χ2n) is 6.14. The van der Waals surface area contributed by atoms with Crippen LogP contribution in [-0.2, 0) is 4.79 Å². The summed E-state index contributed by atoms with van der Waals surface area (Å²) in [6.07, 6.45) is 7.31. The van der Waals surface area contributed by atoms with Crippen molar-refractivity contribution in [2.75, 3.05) is 5.73 Å². The Kier molecular flexibility index (Phi) is 2.63. The van der Waals surface area contributed by atoms with Gasteiger partial charge in [0.1, 0.15) is 11.8 Å². The van der Waals surface area contributed by atoms with E-state index in [2.05, 4.69) is 19.5 Å². The van der Waals surface area contributed by atoms with Crippen LogP contribution in [-0.4, -0.2) is 25.4 Å². The number of hydrogen-bond acceptors (Lipinski definition) is 5. The Labute approximate surface area is 121 Å². The molecule has 0 aromatic carbocycles. The van der Waals surface area contributed by atoms with Gasteiger partial charge >= 0.3 is 0 Å². The highest BCUT2D eigenvalue weighted by molar-refractivity contribution is 5.81. The van der Waals surface area contributed by atoms with Crippen molar-refractivity contribution in [2.45, 2.75) is 31.7 Å². The molecule has 7 nitrogen and oxygen atoms in total. The molecule has 7 heteroatoms. The lowest BCUT2D eigenvalue weighted by Gasteiger charge is -2.21. The van der Waals surface area contributed by atoms with Gasteiger partial charge in [0, 0.05) is 12.0 Å². The Bertz CT molecular complexity index is 711. The lowest BCUT2D eigenvalue weighted by Crippen LogP contribution is -2.27. The Morgan fingerprint density at radius 2 is 1.95 bits per heavy atom. The number of amides is 1. The summed E-state index contributed by atoms with van der Waals surface area (Å²) in [5.74, 6) is 1.19. The molecule has 4 atom stereocenters. The van der Waals surface area contributed by atoms with Crippen LogP contribution in [0.4, 0.5) is 5.82 Å². The summed E-state index contributed by atoms with van der Waals surface area (Å²) in [5.41, 5.74) is 12.8. The summed E-state index contributed by atoms with van der Waals surface area (Å²) >= 11 is 0. The molecule has 0 radical (unpaired) electrons. The maximum absolute atomic E-state index is 11.6. The topological polar surface area (TPSA) is 113 Å². The lowest BCUT2D eigenvalue weighted by molar-refractivity contribution is -0.122. The van der Waals surface area contributed by atoms with Crippen LogP contribution in [0, 0.1) is 17.8 Å². The van der Waals surface area contributed by atoms with Crippen molar-refractivity contribution < 1.29 is 4.79 Å². The summed E-state index contributed by atoms with van der Waals surface area (Å²) in [7, 11) is 0. The first kappa shape index (κ1) is 12.6. The Balaban J connectivity index is 1.71. The molecule has 0 spiro atoms. The number of nitrogens with two attached hydrogens (primary N) is 2. The van der Waals surface area contributed by atoms with Crippen LogP contribution in [0.15, 0.2) is 12.7 Å². The molecule has 110 valence electrons. The molecule has 0 unspecified atom stereocenters. The summed E-state index contributed by atoms with van der Waals surface area (Å²) < 4.78 is 2.11. The minimum Gasteiger partial charge on any atom is -0.382 e. The van der Waals surface area contributed by atoms with Crippen LogP contribution in [0.25, 0.3) is 11.2 Å². The minimum atomic E-state index is -0.148. The van der Waals surface area contributed by atoms with Gasteiger partial charge in [0.2, 0.25) is 5.91 Å². The maximum atomic E-state index is 11.6. The SMILES string of the molecule is NC(=O)[C@H]1CC[C@H]2[C@@H]1CC[C@@H]2n1cnc2c(N)ncnc21. The Morgan fingerprint density at radius 1 is 1.14 bits per heavy atom. The summed E-state index contributed by atoms with van der Waals surface area (Å²) in [6.45, 7) is 0. The van der Waals surface area contributed by atoms with Gasteiger partial charge in [-0.2, -0.15) is 0 Å². The molecule has 2 aromatic rings. The molecule has 21 heavy (non-hydrogen) atoms. The van der Waals surface area contributed by atoms with E-state index in [0.717, 1.165) is 31.3 Å². The highest BCUT2D eigenvalue weighted by Gasteiger charge is 2.47. The third-order valence-electron chi connectivity index (χ3n) is 5.28. The van der Waals surface area contributed by atoms with Crippen LogP contribution >= 0.6 is 0 Å². The first-order valence-corrected chi connectivity index (χ1v) is 7.39. The zero-order valence-electron chi connectivity index (χ0n) is 11.6. The molecule has 2 aromatic heterocycles. The first-order chi connectivity index (χ1) is 10.2. The van der Waals surface area contributed by atoms with Gasteiger partial charge in [0.05, 0.1) is 6.33 Å². The van der Waals surface area contributed by atoms with E-state index in [1.54, 1.807) is 6.33 Å². The molecule has 2 saturated carbocycles. The monoisotopic (exact) mass is 286 g/mol. The van der Waals surface area contributed by atoms with Gasteiger partial charge in [-0.1, -0.05) is 0 Å². The van der Waals surface area contributed by atoms with E-state index in [9.17, 15) is 4.79 Å². The van der Waals surface area contributed by atoms with Crippen molar-refractivity contribution in [3.63, 3.8) is 0 Å². The molecule has 0 aliphatic heterocycles. The molecule has 2 heterocycles. The third kappa shape index (κ3) is 1.73. The normalized spacial score (nSPS) is 31.6. The molecule has 2 aliphatic carbocycles. The minimum absolute atomic E-state index is 0.0366. The van der Waals surface area contributed by atoms with E-state index in [1.807, 2.05) is 0 Å². The quantitative estimate of drug-likeness (QED) is 0.850. The van der Waals surface area contributed by atoms with Crippen molar-refractivity contribution in [3.05, 3.63) is 12.7 Å². The van der Waals surface area contributed by atoms with E-state index in [0.29, 0.717) is 29.2 Å². The molecule has 1 amide bonds. The fourth-order valence-electron chi connectivity index (χ4n) is 4.38. The third-order valence-corrected chi connectivity index (χ3v) is 5.28. The van der Waals surface area contributed by atoms with Crippen molar-refractivity contribution in [2.24, 2.45) is 23.5 Å². The average molecular weight is 286 g/mol. The van der Waals surface area contributed by atoms with E-state index in [-0.39, 0.29) is 11.8 Å². The lowest BCUT2D eigenvalue weighted by atomic mass is 9.91. The number of anilines is 1. The van der Waals surface area contributed by atoms with Crippen LogP contribution in [0.5, 0.6) is 0 Å². The Hall–Kier alpha value is -2.18. The largest absolute Gasteiger partial charge is 0.382 e. The highest BCUT2D eigenvalue weighted by Crippen LogP contribution is 2.52. The maximum Gasteiger partial charge on any atom is 0.220 e. The van der Waals surface area contributed by atoms with Gasteiger partial charge in [-0.25, -0.2) is 15.0 Å². The number of carbonyl (C=O) groups is 1. The van der Waals surface area contributed by atoms with E-state index < -0.39 is 0 Å². The van der Waals surface area contributed by atoms with Gasteiger partial charge in [-0.3, -0.25) is 4.79 Å². The second-order valence-corrected chi connectivity index (χ2v) is 6.14. The number of primary amides is 1. The number of nitrogens with zero attached hydrogens (tertiary/aromatic N) is 4. The van der Waals surface area contributed by atoms with Gasteiger partial charge in [0.25, 0.3) is 0 Å². The average Bonchev–Trinajstić information content (AvgIpc) is 3.11. The van der Waals surface area contributed by atoms with Gasteiger partial charge in [-0.05, 0) is 37.5 Å². The fourth-order valence-corrected chi connectivity index (χ4v) is 4.38. The number of nitrogen functional groups attached to an aromatic ring is 1. The zero-order valence-corrected chi connectivity index (χ0v) is 11.6. The number of hydrogen-bond donors (Lipinski definition) is 2. The van der Waals surface area contributed by atoms with Crippen LogP contribution < -0.4 is 11.5 Å². The molecule has 0 saturated heterocycles. The van der Waals surface area contributed by atoms with Crippen molar-refractivity contribution >= 4 is 22.9 Å². The number of imidazole rings is 1.